The summed E-state index contributed by atoms with van der Waals surface area (Å²) < 4.78 is 0.720. The zero-order chi connectivity index (χ0) is 12.3. The zero-order valence-electron chi connectivity index (χ0n) is 9.65. The van der Waals surface area contributed by atoms with E-state index in [1.807, 2.05) is 11.8 Å². The van der Waals surface area contributed by atoms with Crippen LogP contribution in [0.2, 0.25) is 0 Å². The number of carbonyl (C=O) groups is 1. The van der Waals surface area contributed by atoms with Gasteiger partial charge in [-0.2, -0.15) is 0 Å². The van der Waals surface area contributed by atoms with E-state index in [0.29, 0.717) is 5.13 Å². The highest BCUT2D eigenvalue weighted by Gasteiger charge is 2.22. The number of nitrogens with zero attached hydrogens (tertiary/aromatic N) is 3. The molecule has 0 bridgehead atoms. The Kier molecular flexibility index (Phi) is 4.33. The SMILES string of the molecule is CC(Nc1nnc(Br)s1)C(=O)N1CCCCC1. The molecular formula is C10H15BrN4OS. The number of rotatable bonds is 3. The molecule has 5 nitrogen and oxygen atoms in total. The Hall–Kier alpha value is -0.690. The Bertz CT molecular complexity index is 391. The standard InChI is InChI=1S/C10H15BrN4OS/c1-7(12-10-14-13-9(11)17-10)8(16)15-5-3-2-4-6-15/h7H,2-6H2,1H3,(H,12,14). The second kappa shape index (κ2) is 5.77. The van der Waals surface area contributed by atoms with Gasteiger partial charge in [0, 0.05) is 13.1 Å². The average molecular weight is 319 g/mol. The first-order chi connectivity index (χ1) is 8.16. The average Bonchev–Trinajstić information content (AvgIpc) is 2.75. The van der Waals surface area contributed by atoms with Crippen LogP contribution in [-0.4, -0.2) is 40.1 Å². The molecule has 0 radical (unpaired) electrons. The molecule has 2 rings (SSSR count). The van der Waals surface area contributed by atoms with Crippen LogP contribution in [0.25, 0.3) is 0 Å². The number of hydrogen-bond acceptors (Lipinski definition) is 5. The van der Waals surface area contributed by atoms with Crippen molar-refractivity contribution in [2.24, 2.45) is 0 Å². The third-order valence-electron chi connectivity index (χ3n) is 2.78. The maximum atomic E-state index is 12.1. The zero-order valence-corrected chi connectivity index (χ0v) is 12.1. The molecule has 1 fully saturated rings. The number of likely N-dealkylation sites (tertiary alicyclic amines) is 1. The van der Waals surface area contributed by atoms with Crippen LogP contribution >= 0.6 is 27.3 Å². The van der Waals surface area contributed by atoms with Gasteiger partial charge in [-0.1, -0.05) is 11.3 Å². The van der Waals surface area contributed by atoms with Crippen molar-refractivity contribution in [1.29, 1.82) is 0 Å². The molecule has 1 amide bonds. The van der Waals surface area contributed by atoms with Gasteiger partial charge in [0.25, 0.3) is 0 Å². The smallest absolute Gasteiger partial charge is 0.244 e. The Morgan fingerprint density at radius 3 is 2.71 bits per heavy atom. The third kappa shape index (κ3) is 3.38. The van der Waals surface area contributed by atoms with E-state index in [9.17, 15) is 4.79 Å². The number of hydrogen-bond donors (Lipinski definition) is 1. The number of aromatic nitrogens is 2. The molecular weight excluding hydrogens is 304 g/mol. The molecule has 2 heterocycles. The second-order valence-electron chi connectivity index (χ2n) is 4.11. The van der Waals surface area contributed by atoms with Gasteiger partial charge in [0.2, 0.25) is 11.0 Å². The minimum Gasteiger partial charge on any atom is -0.349 e. The number of anilines is 1. The van der Waals surface area contributed by atoms with Crippen LogP contribution in [-0.2, 0) is 4.79 Å². The van der Waals surface area contributed by atoms with Crippen LogP contribution in [0.3, 0.4) is 0 Å². The lowest BCUT2D eigenvalue weighted by molar-refractivity contribution is -0.132. The highest BCUT2D eigenvalue weighted by molar-refractivity contribution is 9.11. The largest absolute Gasteiger partial charge is 0.349 e. The van der Waals surface area contributed by atoms with E-state index >= 15 is 0 Å². The van der Waals surface area contributed by atoms with Gasteiger partial charge in [-0.15, -0.1) is 10.2 Å². The number of amides is 1. The summed E-state index contributed by atoms with van der Waals surface area (Å²) in [6, 6.07) is -0.243. The molecule has 0 aliphatic carbocycles. The molecule has 0 spiro atoms. The number of halogens is 1. The Morgan fingerprint density at radius 2 is 2.12 bits per heavy atom. The topological polar surface area (TPSA) is 58.1 Å². The van der Waals surface area contributed by atoms with Crippen molar-refractivity contribution in [3.63, 3.8) is 0 Å². The van der Waals surface area contributed by atoms with Crippen molar-refractivity contribution >= 4 is 38.3 Å². The predicted molar refractivity (Wildman–Crippen MR) is 71.1 cm³/mol. The number of nitrogens with one attached hydrogen (secondary N) is 1. The molecule has 1 saturated heterocycles. The van der Waals surface area contributed by atoms with Crippen LogP contribution in [0.4, 0.5) is 5.13 Å². The summed E-state index contributed by atoms with van der Waals surface area (Å²) >= 11 is 4.64. The van der Waals surface area contributed by atoms with Crippen molar-refractivity contribution in [3.8, 4) is 0 Å². The number of carbonyl (C=O) groups excluding carboxylic acids is 1. The van der Waals surface area contributed by atoms with E-state index in [1.165, 1.54) is 17.8 Å². The fourth-order valence-electron chi connectivity index (χ4n) is 1.90. The number of piperidine rings is 1. The van der Waals surface area contributed by atoms with Gasteiger partial charge in [0.05, 0.1) is 0 Å². The molecule has 1 aromatic heterocycles. The van der Waals surface area contributed by atoms with Crippen LogP contribution in [0.5, 0.6) is 0 Å². The highest BCUT2D eigenvalue weighted by Crippen LogP contribution is 2.21. The van der Waals surface area contributed by atoms with Gasteiger partial charge in [0.1, 0.15) is 6.04 Å². The molecule has 1 aromatic rings. The molecule has 1 unspecified atom stereocenters. The lowest BCUT2D eigenvalue weighted by Gasteiger charge is -2.29. The molecule has 94 valence electrons. The minimum atomic E-state index is -0.243. The van der Waals surface area contributed by atoms with E-state index in [2.05, 4.69) is 31.4 Å². The fourth-order valence-corrected chi connectivity index (χ4v) is 3.00. The van der Waals surface area contributed by atoms with Crippen molar-refractivity contribution in [2.45, 2.75) is 32.2 Å². The van der Waals surface area contributed by atoms with E-state index in [1.54, 1.807) is 0 Å². The van der Waals surface area contributed by atoms with Gasteiger partial charge in [0.15, 0.2) is 3.92 Å². The van der Waals surface area contributed by atoms with Crippen LogP contribution < -0.4 is 5.32 Å². The summed E-state index contributed by atoms with van der Waals surface area (Å²) in [6.07, 6.45) is 3.46. The van der Waals surface area contributed by atoms with Gasteiger partial charge in [-0.05, 0) is 42.1 Å². The van der Waals surface area contributed by atoms with Gasteiger partial charge in [-0.3, -0.25) is 4.79 Å². The predicted octanol–water partition coefficient (Wildman–Crippen LogP) is 2.11. The molecule has 1 aliphatic heterocycles. The quantitative estimate of drug-likeness (QED) is 0.927. The van der Waals surface area contributed by atoms with E-state index in [0.717, 1.165) is 29.8 Å². The second-order valence-corrected chi connectivity index (χ2v) is 6.37. The van der Waals surface area contributed by atoms with E-state index in [-0.39, 0.29) is 11.9 Å². The summed E-state index contributed by atoms with van der Waals surface area (Å²) in [5, 5.41) is 11.5. The van der Waals surface area contributed by atoms with Crippen molar-refractivity contribution in [1.82, 2.24) is 15.1 Å². The monoisotopic (exact) mass is 318 g/mol. The first-order valence-electron chi connectivity index (χ1n) is 5.71. The minimum absolute atomic E-state index is 0.149. The van der Waals surface area contributed by atoms with Gasteiger partial charge in [-0.25, -0.2) is 0 Å². The highest BCUT2D eigenvalue weighted by atomic mass is 79.9. The molecule has 1 aliphatic rings. The maximum absolute atomic E-state index is 12.1. The first-order valence-corrected chi connectivity index (χ1v) is 7.32. The Labute approximate surface area is 113 Å². The summed E-state index contributed by atoms with van der Waals surface area (Å²) in [4.78, 5) is 14.0. The molecule has 1 atom stereocenters. The summed E-state index contributed by atoms with van der Waals surface area (Å²) in [6.45, 7) is 3.63. The fraction of sp³-hybridized carbons (Fsp3) is 0.700. The van der Waals surface area contributed by atoms with Crippen LogP contribution in [0.1, 0.15) is 26.2 Å². The molecule has 0 saturated carbocycles. The van der Waals surface area contributed by atoms with Crippen molar-refractivity contribution in [2.75, 3.05) is 18.4 Å². The van der Waals surface area contributed by atoms with Crippen LogP contribution in [0, 0.1) is 0 Å². The lowest BCUT2D eigenvalue weighted by Crippen LogP contribution is -2.43. The lowest BCUT2D eigenvalue weighted by atomic mass is 10.1. The molecule has 0 aromatic carbocycles. The summed E-state index contributed by atoms with van der Waals surface area (Å²) in [5.74, 6) is 0.149. The maximum Gasteiger partial charge on any atom is 0.244 e. The molecule has 1 N–H and O–H groups in total. The van der Waals surface area contributed by atoms with Crippen LogP contribution in [0.15, 0.2) is 3.92 Å². The summed E-state index contributed by atoms with van der Waals surface area (Å²) in [7, 11) is 0. The van der Waals surface area contributed by atoms with E-state index in [4.69, 9.17) is 0 Å². The van der Waals surface area contributed by atoms with Crippen molar-refractivity contribution in [3.05, 3.63) is 3.92 Å². The first kappa shape index (κ1) is 12.8. The Balaban J connectivity index is 1.90. The Morgan fingerprint density at radius 1 is 1.41 bits per heavy atom. The molecule has 17 heavy (non-hydrogen) atoms. The van der Waals surface area contributed by atoms with E-state index < -0.39 is 0 Å². The van der Waals surface area contributed by atoms with Gasteiger partial charge >= 0.3 is 0 Å². The normalized spacial score (nSPS) is 17.9. The van der Waals surface area contributed by atoms with Gasteiger partial charge < -0.3 is 10.2 Å². The molecule has 7 heteroatoms. The summed E-state index contributed by atoms with van der Waals surface area (Å²) in [5.41, 5.74) is 0. The third-order valence-corrected chi connectivity index (χ3v) is 4.07. The van der Waals surface area contributed by atoms with Crippen molar-refractivity contribution < 1.29 is 4.79 Å².